The van der Waals surface area contributed by atoms with Crippen LogP contribution in [0, 0.1) is 0 Å². The molecular weight excluding hydrogens is 262 g/mol. The molecule has 0 spiro atoms. The number of benzene rings is 1. The van der Waals surface area contributed by atoms with Gasteiger partial charge in [-0.05, 0) is 25.0 Å². The number of piperidine rings is 1. The molecular formula is C16H23N5. The first-order chi connectivity index (χ1) is 10.3. The first-order valence-corrected chi connectivity index (χ1v) is 7.69. The van der Waals surface area contributed by atoms with Gasteiger partial charge in [-0.2, -0.15) is 0 Å². The lowest BCUT2D eigenvalue weighted by Crippen LogP contribution is -2.43. The summed E-state index contributed by atoms with van der Waals surface area (Å²) >= 11 is 0. The van der Waals surface area contributed by atoms with Crippen molar-refractivity contribution in [3.8, 4) is 0 Å². The Bertz CT molecular complexity index is 543. The third kappa shape index (κ3) is 3.61. The van der Waals surface area contributed by atoms with E-state index in [9.17, 15) is 0 Å². The normalized spacial score (nSPS) is 16.3. The van der Waals surface area contributed by atoms with Gasteiger partial charge in [0.2, 0.25) is 0 Å². The number of aromatic nitrogens is 3. The van der Waals surface area contributed by atoms with Crippen molar-refractivity contribution in [2.45, 2.75) is 25.3 Å². The van der Waals surface area contributed by atoms with E-state index in [2.05, 4.69) is 50.7 Å². The van der Waals surface area contributed by atoms with Gasteiger partial charge in [0.15, 0.2) is 0 Å². The molecule has 21 heavy (non-hydrogen) atoms. The van der Waals surface area contributed by atoms with Gasteiger partial charge in [0.05, 0.1) is 0 Å². The number of nitrogens with one attached hydrogen (secondary N) is 1. The van der Waals surface area contributed by atoms with Gasteiger partial charge in [0.1, 0.15) is 12.2 Å². The van der Waals surface area contributed by atoms with E-state index in [1.165, 1.54) is 18.5 Å². The quantitative estimate of drug-likeness (QED) is 0.907. The first kappa shape index (κ1) is 14.1. The molecule has 1 aromatic heterocycles. The molecule has 1 aliphatic rings. The first-order valence-electron chi connectivity index (χ1n) is 7.69. The number of nitrogens with zero attached hydrogens (tertiary/aromatic N) is 4. The Hall–Kier alpha value is -1.88. The molecule has 1 fully saturated rings. The maximum absolute atomic E-state index is 4.11. The van der Waals surface area contributed by atoms with Crippen LogP contribution >= 0.6 is 0 Å². The SMILES string of the molecule is Cn1cnnc1CCNC1CCN(c2ccccc2)CC1. The van der Waals surface area contributed by atoms with Crippen LogP contribution in [0.15, 0.2) is 36.7 Å². The average Bonchev–Trinajstić information content (AvgIpc) is 2.94. The predicted molar refractivity (Wildman–Crippen MR) is 84.4 cm³/mol. The lowest BCUT2D eigenvalue weighted by atomic mass is 10.0. The van der Waals surface area contributed by atoms with Crippen molar-refractivity contribution in [2.24, 2.45) is 7.05 Å². The smallest absolute Gasteiger partial charge is 0.133 e. The molecule has 0 unspecified atom stereocenters. The second kappa shape index (κ2) is 6.72. The number of hydrogen-bond acceptors (Lipinski definition) is 4. The number of anilines is 1. The van der Waals surface area contributed by atoms with Gasteiger partial charge in [-0.25, -0.2) is 0 Å². The summed E-state index contributed by atoms with van der Waals surface area (Å²) in [6.45, 7) is 3.24. The minimum Gasteiger partial charge on any atom is -0.371 e. The van der Waals surface area contributed by atoms with Crippen molar-refractivity contribution in [3.05, 3.63) is 42.5 Å². The van der Waals surface area contributed by atoms with Crippen molar-refractivity contribution in [1.82, 2.24) is 20.1 Å². The predicted octanol–water partition coefficient (Wildman–Crippen LogP) is 1.62. The largest absolute Gasteiger partial charge is 0.371 e. The van der Waals surface area contributed by atoms with E-state index in [1.54, 1.807) is 6.33 Å². The van der Waals surface area contributed by atoms with Crippen molar-refractivity contribution in [3.63, 3.8) is 0 Å². The highest BCUT2D eigenvalue weighted by molar-refractivity contribution is 5.46. The van der Waals surface area contributed by atoms with Crippen LogP contribution in [0.5, 0.6) is 0 Å². The minimum atomic E-state index is 0.623. The maximum Gasteiger partial charge on any atom is 0.133 e. The van der Waals surface area contributed by atoms with E-state index in [-0.39, 0.29) is 0 Å². The Morgan fingerprint density at radius 3 is 2.62 bits per heavy atom. The Morgan fingerprint density at radius 2 is 1.95 bits per heavy atom. The van der Waals surface area contributed by atoms with Crippen LogP contribution in [0.1, 0.15) is 18.7 Å². The van der Waals surface area contributed by atoms with Crippen molar-refractivity contribution in [1.29, 1.82) is 0 Å². The van der Waals surface area contributed by atoms with Crippen LogP contribution in [-0.2, 0) is 13.5 Å². The summed E-state index contributed by atoms with van der Waals surface area (Å²) in [5.41, 5.74) is 1.34. The van der Waals surface area contributed by atoms with Crippen molar-refractivity contribution < 1.29 is 0 Å². The highest BCUT2D eigenvalue weighted by Gasteiger charge is 2.18. The molecule has 0 atom stereocenters. The molecule has 3 rings (SSSR count). The van der Waals surface area contributed by atoms with Crippen LogP contribution in [0.3, 0.4) is 0 Å². The van der Waals surface area contributed by atoms with Gasteiger partial charge in [-0.3, -0.25) is 0 Å². The summed E-state index contributed by atoms with van der Waals surface area (Å²) in [6, 6.07) is 11.3. The van der Waals surface area contributed by atoms with E-state index in [1.807, 2.05) is 11.6 Å². The van der Waals surface area contributed by atoms with Crippen LogP contribution in [-0.4, -0.2) is 40.4 Å². The molecule has 2 aromatic rings. The van der Waals surface area contributed by atoms with E-state index in [4.69, 9.17) is 0 Å². The van der Waals surface area contributed by atoms with Gasteiger partial charge < -0.3 is 14.8 Å². The van der Waals surface area contributed by atoms with Crippen LogP contribution in [0.2, 0.25) is 0 Å². The number of para-hydroxylation sites is 1. The average molecular weight is 285 g/mol. The molecule has 1 N–H and O–H groups in total. The topological polar surface area (TPSA) is 46.0 Å². The molecule has 0 bridgehead atoms. The summed E-state index contributed by atoms with van der Waals surface area (Å²) in [7, 11) is 1.99. The van der Waals surface area contributed by atoms with Gasteiger partial charge in [0.25, 0.3) is 0 Å². The third-order valence-corrected chi connectivity index (χ3v) is 4.20. The van der Waals surface area contributed by atoms with E-state index in [0.29, 0.717) is 6.04 Å². The molecule has 112 valence electrons. The fourth-order valence-electron chi connectivity index (χ4n) is 2.90. The maximum atomic E-state index is 4.11. The summed E-state index contributed by atoms with van der Waals surface area (Å²) in [5.74, 6) is 1.05. The van der Waals surface area contributed by atoms with Crippen LogP contribution in [0.25, 0.3) is 0 Å². The summed E-state index contributed by atoms with van der Waals surface area (Å²) in [4.78, 5) is 2.47. The Morgan fingerprint density at radius 1 is 1.19 bits per heavy atom. The van der Waals surface area contributed by atoms with Crippen molar-refractivity contribution in [2.75, 3.05) is 24.5 Å². The standard InChI is InChI=1S/C16H23N5/c1-20-13-18-19-16(20)7-10-17-14-8-11-21(12-9-14)15-5-3-2-4-6-15/h2-6,13-14,17H,7-12H2,1H3. The molecule has 1 aromatic carbocycles. The van der Waals surface area contributed by atoms with Gasteiger partial charge >= 0.3 is 0 Å². The highest BCUT2D eigenvalue weighted by atomic mass is 15.2. The molecule has 1 saturated heterocycles. The number of rotatable bonds is 5. The van der Waals surface area contributed by atoms with E-state index < -0.39 is 0 Å². The molecule has 1 aliphatic heterocycles. The minimum absolute atomic E-state index is 0.623. The summed E-state index contributed by atoms with van der Waals surface area (Å²) in [6.07, 6.45) is 5.10. The molecule has 5 nitrogen and oxygen atoms in total. The highest BCUT2D eigenvalue weighted by Crippen LogP contribution is 2.19. The second-order valence-electron chi connectivity index (χ2n) is 5.66. The summed E-state index contributed by atoms with van der Waals surface area (Å²) in [5, 5.41) is 11.7. The number of hydrogen-bond donors (Lipinski definition) is 1. The third-order valence-electron chi connectivity index (χ3n) is 4.20. The molecule has 5 heteroatoms. The zero-order valence-electron chi connectivity index (χ0n) is 12.6. The van der Waals surface area contributed by atoms with Crippen LogP contribution < -0.4 is 10.2 Å². The zero-order valence-corrected chi connectivity index (χ0v) is 12.6. The Kier molecular flexibility index (Phi) is 4.50. The summed E-state index contributed by atoms with van der Waals surface area (Å²) < 4.78 is 1.99. The molecule has 0 radical (unpaired) electrons. The Balaban J connectivity index is 1.41. The number of aryl methyl sites for hydroxylation is 1. The van der Waals surface area contributed by atoms with Crippen LogP contribution in [0.4, 0.5) is 5.69 Å². The molecule has 0 saturated carbocycles. The lowest BCUT2D eigenvalue weighted by molar-refractivity contribution is 0.415. The molecule has 2 heterocycles. The fraction of sp³-hybridized carbons (Fsp3) is 0.500. The molecule has 0 amide bonds. The second-order valence-corrected chi connectivity index (χ2v) is 5.66. The Labute approximate surface area is 126 Å². The van der Waals surface area contributed by atoms with Gasteiger partial charge in [-0.15, -0.1) is 10.2 Å². The van der Waals surface area contributed by atoms with E-state index >= 15 is 0 Å². The van der Waals surface area contributed by atoms with Crippen molar-refractivity contribution >= 4 is 5.69 Å². The van der Waals surface area contributed by atoms with Gasteiger partial charge in [0, 0.05) is 44.8 Å². The van der Waals surface area contributed by atoms with E-state index in [0.717, 1.165) is 31.9 Å². The van der Waals surface area contributed by atoms with Gasteiger partial charge in [-0.1, -0.05) is 18.2 Å². The monoisotopic (exact) mass is 285 g/mol. The lowest BCUT2D eigenvalue weighted by Gasteiger charge is -2.34. The molecule has 0 aliphatic carbocycles. The zero-order chi connectivity index (χ0) is 14.5. The fourth-order valence-corrected chi connectivity index (χ4v) is 2.90.